The number of aromatic amines is 1. The SMILES string of the molecule is COC(=O)C(CC1CCCCC1)NC(=O)c1cc2cc(Cl)ccc2[nH]1. The summed E-state index contributed by atoms with van der Waals surface area (Å²) in [6.07, 6.45) is 6.47. The topological polar surface area (TPSA) is 71.2 Å². The van der Waals surface area contributed by atoms with Crippen LogP contribution in [0.2, 0.25) is 5.02 Å². The quantitative estimate of drug-likeness (QED) is 0.788. The molecule has 1 unspecified atom stereocenters. The minimum atomic E-state index is -0.615. The first-order valence-corrected chi connectivity index (χ1v) is 9.11. The van der Waals surface area contributed by atoms with E-state index in [1.807, 2.05) is 6.07 Å². The number of aromatic nitrogens is 1. The maximum atomic E-state index is 12.6. The Balaban J connectivity index is 1.72. The number of hydrogen-bond acceptors (Lipinski definition) is 3. The Morgan fingerprint density at radius 2 is 2.04 bits per heavy atom. The lowest BCUT2D eigenvalue weighted by atomic mass is 9.85. The number of rotatable bonds is 5. The highest BCUT2D eigenvalue weighted by Crippen LogP contribution is 2.28. The molecule has 0 bridgehead atoms. The number of amides is 1. The van der Waals surface area contributed by atoms with Gasteiger partial charge < -0.3 is 15.0 Å². The first-order chi connectivity index (χ1) is 12.1. The van der Waals surface area contributed by atoms with Crippen molar-refractivity contribution in [1.29, 1.82) is 0 Å². The van der Waals surface area contributed by atoms with E-state index in [-0.39, 0.29) is 5.91 Å². The summed E-state index contributed by atoms with van der Waals surface area (Å²) >= 11 is 5.99. The fourth-order valence-corrected chi connectivity index (χ4v) is 3.75. The Labute approximate surface area is 152 Å². The molecule has 1 saturated carbocycles. The molecular weight excluding hydrogens is 340 g/mol. The molecule has 1 amide bonds. The molecule has 2 aromatic rings. The third-order valence-electron chi connectivity index (χ3n) is 4.91. The average Bonchev–Trinajstić information content (AvgIpc) is 3.04. The van der Waals surface area contributed by atoms with Crippen molar-refractivity contribution in [3.05, 3.63) is 35.0 Å². The molecule has 1 atom stereocenters. The van der Waals surface area contributed by atoms with Crippen molar-refractivity contribution in [2.45, 2.75) is 44.6 Å². The summed E-state index contributed by atoms with van der Waals surface area (Å²) in [6, 6.07) is 6.52. The van der Waals surface area contributed by atoms with E-state index in [0.717, 1.165) is 23.7 Å². The van der Waals surface area contributed by atoms with Crippen molar-refractivity contribution in [3.8, 4) is 0 Å². The van der Waals surface area contributed by atoms with Crippen LogP contribution in [0.4, 0.5) is 0 Å². The van der Waals surface area contributed by atoms with E-state index in [4.69, 9.17) is 16.3 Å². The fraction of sp³-hybridized carbons (Fsp3) is 0.474. The van der Waals surface area contributed by atoms with E-state index >= 15 is 0 Å². The average molecular weight is 363 g/mol. The maximum absolute atomic E-state index is 12.6. The van der Waals surface area contributed by atoms with Crippen LogP contribution in [0, 0.1) is 5.92 Å². The Morgan fingerprint density at radius 3 is 2.76 bits per heavy atom. The highest BCUT2D eigenvalue weighted by Gasteiger charge is 2.27. The van der Waals surface area contributed by atoms with Crippen LogP contribution in [0.5, 0.6) is 0 Å². The van der Waals surface area contributed by atoms with E-state index in [1.54, 1.807) is 18.2 Å². The number of fused-ring (bicyclic) bond motifs is 1. The van der Waals surface area contributed by atoms with Gasteiger partial charge in [-0.15, -0.1) is 0 Å². The molecule has 0 radical (unpaired) electrons. The normalized spacial score (nSPS) is 16.6. The van der Waals surface area contributed by atoms with Gasteiger partial charge in [-0.25, -0.2) is 4.79 Å². The number of carbonyl (C=O) groups excluding carboxylic acids is 2. The summed E-state index contributed by atoms with van der Waals surface area (Å²) in [4.78, 5) is 27.8. The number of methoxy groups -OCH3 is 1. The van der Waals surface area contributed by atoms with Gasteiger partial charge in [-0.3, -0.25) is 4.79 Å². The lowest BCUT2D eigenvalue weighted by Crippen LogP contribution is -2.43. The minimum absolute atomic E-state index is 0.307. The van der Waals surface area contributed by atoms with Crippen molar-refractivity contribution in [2.24, 2.45) is 5.92 Å². The zero-order valence-corrected chi connectivity index (χ0v) is 15.1. The third-order valence-corrected chi connectivity index (χ3v) is 5.15. The van der Waals surface area contributed by atoms with Gasteiger partial charge >= 0.3 is 5.97 Å². The number of halogens is 1. The van der Waals surface area contributed by atoms with Crippen molar-refractivity contribution in [1.82, 2.24) is 10.3 Å². The molecule has 1 aliphatic rings. The molecule has 1 fully saturated rings. The number of nitrogens with one attached hydrogen (secondary N) is 2. The molecule has 0 saturated heterocycles. The van der Waals surface area contributed by atoms with Gasteiger partial charge in [0.15, 0.2) is 0 Å². The molecule has 5 nitrogen and oxygen atoms in total. The van der Waals surface area contributed by atoms with Gasteiger partial charge in [-0.1, -0.05) is 43.7 Å². The smallest absolute Gasteiger partial charge is 0.328 e. The molecule has 3 rings (SSSR count). The molecule has 1 aromatic heterocycles. The maximum Gasteiger partial charge on any atom is 0.328 e. The van der Waals surface area contributed by atoms with E-state index in [1.165, 1.54) is 26.4 Å². The molecular formula is C19H23ClN2O3. The first kappa shape index (κ1) is 17.8. The van der Waals surface area contributed by atoms with Crippen LogP contribution in [0.25, 0.3) is 10.9 Å². The third kappa shape index (κ3) is 4.34. The number of ether oxygens (including phenoxy) is 1. The monoisotopic (exact) mass is 362 g/mol. The summed E-state index contributed by atoms with van der Waals surface area (Å²) < 4.78 is 4.88. The second-order valence-electron chi connectivity index (χ2n) is 6.70. The molecule has 0 spiro atoms. The fourth-order valence-electron chi connectivity index (χ4n) is 3.57. The second kappa shape index (κ2) is 7.91. The molecule has 0 aliphatic heterocycles. The Morgan fingerprint density at radius 1 is 1.28 bits per heavy atom. The highest BCUT2D eigenvalue weighted by atomic mass is 35.5. The van der Waals surface area contributed by atoms with Crippen LogP contribution < -0.4 is 5.32 Å². The predicted octanol–water partition coefficient (Wildman–Crippen LogP) is 4.06. The van der Waals surface area contributed by atoms with Gasteiger partial charge in [0.1, 0.15) is 11.7 Å². The first-order valence-electron chi connectivity index (χ1n) is 8.74. The highest BCUT2D eigenvalue weighted by molar-refractivity contribution is 6.31. The van der Waals surface area contributed by atoms with Gasteiger partial charge in [0.05, 0.1) is 7.11 Å². The van der Waals surface area contributed by atoms with Crippen LogP contribution in [0.15, 0.2) is 24.3 Å². The van der Waals surface area contributed by atoms with E-state index in [2.05, 4.69) is 10.3 Å². The number of carbonyl (C=O) groups is 2. The molecule has 134 valence electrons. The summed E-state index contributed by atoms with van der Waals surface area (Å²) in [5.41, 5.74) is 1.24. The van der Waals surface area contributed by atoms with Crippen LogP contribution in [-0.4, -0.2) is 30.0 Å². The van der Waals surface area contributed by atoms with E-state index in [9.17, 15) is 9.59 Å². The summed E-state index contributed by atoms with van der Waals surface area (Å²) in [6.45, 7) is 0. The van der Waals surface area contributed by atoms with Crippen LogP contribution >= 0.6 is 11.6 Å². The van der Waals surface area contributed by atoms with Gasteiger partial charge in [0.25, 0.3) is 5.91 Å². The van der Waals surface area contributed by atoms with Crippen LogP contribution in [0.3, 0.4) is 0 Å². The van der Waals surface area contributed by atoms with Gasteiger partial charge in [-0.05, 0) is 36.6 Å². The van der Waals surface area contributed by atoms with Crippen molar-refractivity contribution in [3.63, 3.8) is 0 Å². The zero-order chi connectivity index (χ0) is 17.8. The van der Waals surface area contributed by atoms with Crippen LogP contribution in [0.1, 0.15) is 49.0 Å². The summed E-state index contributed by atoms with van der Waals surface area (Å²) in [5.74, 6) is -0.240. The van der Waals surface area contributed by atoms with E-state index < -0.39 is 12.0 Å². The Kier molecular flexibility index (Phi) is 5.63. The van der Waals surface area contributed by atoms with E-state index in [0.29, 0.717) is 23.1 Å². The number of esters is 1. The molecule has 2 N–H and O–H groups in total. The minimum Gasteiger partial charge on any atom is -0.467 e. The lowest BCUT2D eigenvalue weighted by Gasteiger charge is -2.25. The lowest BCUT2D eigenvalue weighted by molar-refractivity contribution is -0.143. The predicted molar refractivity (Wildman–Crippen MR) is 97.8 cm³/mol. The number of H-pyrrole nitrogens is 1. The van der Waals surface area contributed by atoms with Crippen molar-refractivity contribution >= 4 is 34.4 Å². The number of hydrogen-bond donors (Lipinski definition) is 2. The molecule has 6 heteroatoms. The van der Waals surface area contributed by atoms with Crippen molar-refractivity contribution in [2.75, 3.05) is 7.11 Å². The Hall–Kier alpha value is -2.01. The number of benzene rings is 1. The van der Waals surface area contributed by atoms with Crippen molar-refractivity contribution < 1.29 is 14.3 Å². The molecule has 1 heterocycles. The zero-order valence-electron chi connectivity index (χ0n) is 14.3. The molecule has 1 aliphatic carbocycles. The standard InChI is InChI=1S/C19H23ClN2O3/c1-25-19(24)17(9-12-5-3-2-4-6-12)22-18(23)16-11-13-10-14(20)7-8-15(13)21-16/h7-8,10-12,17,21H,2-6,9H2,1H3,(H,22,23). The largest absolute Gasteiger partial charge is 0.467 e. The molecule has 1 aromatic carbocycles. The summed E-state index contributed by atoms with van der Waals surface area (Å²) in [5, 5.41) is 4.30. The summed E-state index contributed by atoms with van der Waals surface area (Å²) in [7, 11) is 1.35. The molecule has 25 heavy (non-hydrogen) atoms. The Bertz CT molecular complexity index is 765. The van der Waals surface area contributed by atoms with Crippen LogP contribution in [-0.2, 0) is 9.53 Å². The van der Waals surface area contributed by atoms with Gasteiger partial charge in [0.2, 0.25) is 0 Å². The second-order valence-corrected chi connectivity index (χ2v) is 7.14. The van der Waals surface area contributed by atoms with Gasteiger partial charge in [0, 0.05) is 15.9 Å². The van der Waals surface area contributed by atoms with Gasteiger partial charge in [-0.2, -0.15) is 0 Å².